The van der Waals surface area contributed by atoms with E-state index in [9.17, 15) is 4.79 Å². The monoisotopic (exact) mass is 554 g/mol. The van der Waals surface area contributed by atoms with Crippen LogP contribution in [0.1, 0.15) is 66.9 Å². The van der Waals surface area contributed by atoms with Gasteiger partial charge in [0.1, 0.15) is 11.9 Å². The van der Waals surface area contributed by atoms with Crippen LogP contribution in [-0.2, 0) is 5.75 Å². The summed E-state index contributed by atoms with van der Waals surface area (Å²) < 4.78 is 7.59. The van der Waals surface area contributed by atoms with E-state index in [2.05, 4.69) is 72.7 Å². The molecule has 6 heteroatoms. The molecule has 0 saturated carbocycles. The van der Waals surface area contributed by atoms with E-state index in [-0.39, 0.29) is 24.1 Å². The Morgan fingerprint density at radius 2 is 1.67 bits per heavy atom. The van der Waals surface area contributed by atoms with Gasteiger partial charge in [0.05, 0.1) is 5.69 Å². The Bertz CT molecular complexity index is 1400. The van der Waals surface area contributed by atoms with Crippen LogP contribution in [0, 0.1) is 0 Å². The van der Waals surface area contributed by atoms with Crippen LogP contribution in [0.15, 0.2) is 88.6 Å². The van der Waals surface area contributed by atoms with E-state index in [0.717, 1.165) is 58.3 Å². The number of hydrogen-bond donors (Lipinski definition) is 0. The molecule has 3 heterocycles. The molecule has 2 saturated heterocycles. The number of carbonyl (C=O) groups is 1. The molecule has 0 N–H and O–H groups in total. The van der Waals surface area contributed by atoms with Gasteiger partial charge in [-0.05, 0) is 48.1 Å². The quantitative estimate of drug-likeness (QED) is 0.205. The Morgan fingerprint density at radius 1 is 0.974 bits per heavy atom. The summed E-state index contributed by atoms with van der Waals surface area (Å²) in [6.45, 7) is 4.41. The Kier molecular flexibility index (Phi) is 7.76. The second-order valence-corrected chi connectivity index (χ2v) is 12.9. The number of thiazole rings is 1. The summed E-state index contributed by atoms with van der Waals surface area (Å²) in [5.41, 5.74) is 5.41. The molecule has 3 atom stereocenters. The molecule has 2 aliphatic heterocycles. The lowest BCUT2D eigenvalue weighted by atomic mass is 9.97. The number of ether oxygens (including phenoxy) is 1. The number of fused-ring (bicyclic) bond motifs is 2. The molecule has 4 nitrogen and oxygen atoms in total. The summed E-state index contributed by atoms with van der Waals surface area (Å²) in [4.78, 5) is 20.5. The molecule has 2 bridgehead atoms. The number of carbonyl (C=O) groups excluding carboxylic acids is 1. The van der Waals surface area contributed by atoms with Crippen molar-refractivity contribution in [1.29, 1.82) is 0 Å². The maximum atomic E-state index is 13.6. The minimum Gasteiger partial charge on any atom is -0.490 e. The predicted molar refractivity (Wildman–Crippen MR) is 161 cm³/mol. The van der Waals surface area contributed by atoms with Gasteiger partial charge in [0, 0.05) is 47.2 Å². The summed E-state index contributed by atoms with van der Waals surface area (Å²) in [6, 6.07) is 27.4. The van der Waals surface area contributed by atoms with E-state index >= 15 is 0 Å². The van der Waals surface area contributed by atoms with Gasteiger partial charge in [-0.3, -0.25) is 4.79 Å². The molecular weight excluding hydrogens is 521 g/mol. The first kappa shape index (κ1) is 26.1. The molecule has 1 aromatic heterocycles. The molecular formula is C33H34N2O2S2. The molecule has 0 radical (unpaired) electrons. The third kappa shape index (κ3) is 5.78. The first-order valence-corrected chi connectivity index (χ1v) is 15.7. The second-order valence-electron chi connectivity index (χ2n) is 10.9. The van der Waals surface area contributed by atoms with Crippen LogP contribution in [0.5, 0.6) is 5.75 Å². The summed E-state index contributed by atoms with van der Waals surface area (Å²) in [6.07, 6.45) is 4.11. The van der Waals surface area contributed by atoms with E-state index in [1.54, 1.807) is 23.1 Å². The number of benzene rings is 3. The van der Waals surface area contributed by atoms with Crippen LogP contribution in [-0.4, -0.2) is 34.0 Å². The first-order valence-electron chi connectivity index (χ1n) is 13.9. The third-order valence-electron chi connectivity index (χ3n) is 7.87. The molecule has 1 amide bonds. The highest BCUT2D eigenvalue weighted by Gasteiger charge is 2.44. The zero-order valence-corrected chi connectivity index (χ0v) is 24.1. The van der Waals surface area contributed by atoms with Crippen molar-refractivity contribution in [2.24, 2.45) is 0 Å². The number of amides is 1. The molecule has 0 spiro atoms. The van der Waals surface area contributed by atoms with Gasteiger partial charge in [0.25, 0.3) is 5.91 Å². The second kappa shape index (κ2) is 11.6. The van der Waals surface area contributed by atoms with Gasteiger partial charge in [-0.1, -0.05) is 86.3 Å². The van der Waals surface area contributed by atoms with Gasteiger partial charge in [-0.15, -0.1) is 11.3 Å². The zero-order valence-electron chi connectivity index (χ0n) is 22.5. The summed E-state index contributed by atoms with van der Waals surface area (Å²) in [7, 11) is 0. The summed E-state index contributed by atoms with van der Waals surface area (Å²) >= 11 is 3.42. The lowest BCUT2D eigenvalue weighted by Crippen LogP contribution is -2.49. The topological polar surface area (TPSA) is 42.4 Å². The molecule has 4 aromatic rings. The predicted octanol–water partition coefficient (Wildman–Crippen LogP) is 8.44. The van der Waals surface area contributed by atoms with E-state index in [1.165, 1.54) is 11.1 Å². The van der Waals surface area contributed by atoms with Gasteiger partial charge in [0.2, 0.25) is 0 Å². The zero-order chi connectivity index (χ0) is 26.8. The van der Waals surface area contributed by atoms with Crippen molar-refractivity contribution in [3.05, 3.63) is 101 Å². The standard InChI is InChI=1S/C33H34N2O2S2/c1-22(2)29-10-6-7-11-31(29)37-28-18-26-16-17-27(19-28)35(26)32(36)25-14-12-23(13-15-25)20-38-33-34-30(21-39-33)24-8-4-3-5-9-24/h3-15,21-22,26-28H,16-20H2,1-2H3/t26-,27+,28?. The van der Waals surface area contributed by atoms with Crippen molar-refractivity contribution in [2.75, 3.05) is 0 Å². The molecule has 0 aliphatic carbocycles. The lowest BCUT2D eigenvalue weighted by molar-refractivity contribution is 0.0356. The van der Waals surface area contributed by atoms with Crippen LogP contribution in [0.25, 0.3) is 11.3 Å². The summed E-state index contributed by atoms with van der Waals surface area (Å²) in [5, 5.41) is 2.12. The van der Waals surface area contributed by atoms with Crippen molar-refractivity contribution in [1.82, 2.24) is 9.88 Å². The maximum absolute atomic E-state index is 13.6. The van der Waals surface area contributed by atoms with Crippen molar-refractivity contribution < 1.29 is 9.53 Å². The minimum atomic E-state index is 0.162. The largest absolute Gasteiger partial charge is 0.490 e. The molecule has 39 heavy (non-hydrogen) atoms. The fraction of sp³-hybridized carbons (Fsp3) is 0.333. The fourth-order valence-electron chi connectivity index (χ4n) is 5.90. The van der Waals surface area contributed by atoms with Crippen LogP contribution in [0.4, 0.5) is 0 Å². The molecule has 1 unspecified atom stereocenters. The molecule has 3 aromatic carbocycles. The van der Waals surface area contributed by atoms with Crippen molar-refractivity contribution >= 4 is 29.0 Å². The molecule has 2 aliphatic rings. The molecule has 6 rings (SSSR count). The number of nitrogens with zero attached hydrogens (tertiary/aromatic N) is 2. The average Bonchev–Trinajstić information content (AvgIpc) is 3.54. The number of rotatable bonds is 8. The molecule has 200 valence electrons. The van der Waals surface area contributed by atoms with E-state index in [0.29, 0.717) is 5.92 Å². The highest BCUT2D eigenvalue weighted by atomic mass is 32.2. The maximum Gasteiger partial charge on any atom is 0.254 e. The average molecular weight is 555 g/mol. The first-order chi connectivity index (χ1) is 19.0. The van der Waals surface area contributed by atoms with Crippen LogP contribution in [0.2, 0.25) is 0 Å². The van der Waals surface area contributed by atoms with Gasteiger partial charge in [-0.2, -0.15) is 0 Å². The molecule has 2 fully saturated rings. The Morgan fingerprint density at radius 3 is 2.38 bits per heavy atom. The fourth-order valence-corrected chi connectivity index (χ4v) is 7.69. The van der Waals surface area contributed by atoms with E-state index in [4.69, 9.17) is 9.72 Å². The van der Waals surface area contributed by atoms with Crippen LogP contribution >= 0.6 is 23.1 Å². The van der Waals surface area contributed by atoms with Gasteiger partial charge >= 0.3 is 0 Å². The van der Waals surface area contributed by atoms with E-state index < -0.39 is 0 Å². The normalized spacial score (nSPS) is 20.4. The van der Waals surface area contributed by atoms with Crippen molar-refractivity contribution in [3.63, 3.8) is 0 Å². The van der Waals surface area contributed by atoms with Gasteiger partial charge in [-0.25, -0.2) is 4.98 Å². The minimum absolute atomic E-state index is 0.162. The van der Waals surface area contributed by atoms with Crippen molar-refractivity contribution in [2.45, 2.75) is 73.7 Å². The Labute approximate surface area is 239 Å². The smallest absolute Gasteiger partial charge is 0.254 e. The van der Waals surface area contributed by atoms with Crippen LogP contribution < -0.4 is 4.74 Å². The number of piperidine rings is 1. The number of hydrogen-bond acceptors (Lipinski definition) is 5. The Balaban J connectivity index is 1.06. The summed E-state index contributed by atoms with van der Waals surface area (Å²) in [5.74, 6) is 2.42. The lowest BCUT2D eigenvalue weighted by Gasteiger charge is -2.39. The van der Waals surface area contributed by atoms with Crippen LogP contribution in [0.3, 0.4) is 0 Å². The third-order valence-corrected chi connectivity index (χ3v) is 9.97. The highest BCUT2D eigenvalue weighted by molar-refractivity contribution is 8.00. The van der Waals surface area contributed by atoms with E-state index in [1.807, 2.05) is 30.3 Å². The highest BCUT2D eigenvalue weighted by Crippen LogP contribution is 2.39. The van der Waals surface area contributed by atoms with Gasteiger partial charge in [0.15, 0.2) is 4.34 Å². The SMILES string of the molecule is CC(C)c1ccccc1OC1C[C@H]2CC[C@@H](C1)N2C(=O)c1ccc(CSc2nc(-c3ccccc3)cs2)cc1. The van der Waals surface area contributed by atoms with Crippen molar-refractivity contribution in [3.8, 4) is 17.0 Å². The Hall–Kier alpha value is -3.09. The number of para-hydroxylation sites is 1. The number of thioether (sulfide) groups is 1. The van der Waals surface area contributed by atoms with Gasteiger partial charge < -0.3 is 9.64 Å². The number of aromatic nitrogens is 1.